The first kappa shape index (κ1) is 17.6. The van der Waals surface area contributed by atoms with E-state index in [4.69, 9.17) is 9.47 Å². The fourth-order valence-electron chi connectivity index (χ4n) is 2.46. The van der Waals surface area contributed by atoms with E-state index in [1.807, 2.05) is 0 Å². The molecule has 1 aliphatic heterocycles. The number of nitrogens with zero attached hydrogens (tertiary/aromatic N) is 2. The highest BCUT2D eigenvalue weighted by Gasteiger charge is 2.17. The number of halogens is 3. The number of hydrogen-bond donors (Lipinski definition) is 2. The monoisotopic (exact) mass is 388 g/mol. The highest BCUT2D eigenvalue weighted by atomic mass is 19.2. The molecular formula is C18H11F3N4O3. The minimum absolute atomic E-state index is 0.0947. The number of anilines is 3. The second kappa shape index (κ2) is 7.06. The van der Waals surface area contributed by atoms with Gasteiger partial charge in [-0.2, -0.15) is 0 Å². The molecule has 3 aromatic rings. The first-order valence-electron chi connectivity index (χ1n) is 7.96. The summed E-state index contributed by atoms with van der Waals surface area (Å²) in [6.45, 7) is 0.130. The van der Waals surface area contributed by atoms with Crippen LogP contribution < -0.4 is 20.1 Å². The number of carbonyl (C=O) groups is 1. The third-order valence-electron chi connectivity index (χ3n) is 3.80. The lowest BCUT2D eigenvalue weighted by molar-refractivity contribution is 0.102. The third-order valence-corrected chi connectivity index (χ3v) is 3.80. The number of fused-ring (bicyclic) bond motifs is 1. The molecule has 2 heterocycles. The summed E-state index contributed by atoms with van der Waals surface area (Å²) in [6.07, 6.45) is 1.32. The molecule has 1 amide bonds. The molecule has 0 unspecified atom stereocenters. The maximum atomic E-state index is 13.7. The van der Waals surface area contributed by atoms with Crippen LogP contribution in [0, 0.1) is 17.5 Å². The van der Waals surface area contributed by atoms with Gasteiger partial charge in [-0.1, -0.05) is 0 Å². The van der Waals surface area contributed by atoms with Crippen molar-refractivity contribution in [2.24, 2.45) is 0 Å². The third kappa shape index (κ3) is 3.39. The topological polar surface area (TPSA) is 85.4 Å². The van der Waals surface area contributed by atoms with Gasteiger partial charge in [0.25, 0.3) is 5.91 Å². The Morgan fingerprint density at radius 3 is 2.68 bits per heavy atom. The summed E-state index contributed by atoms with van der Waals surface area (Å²) in [5, 5.41) is 5.04. The summed E-state index contributed by atoms with van der Waals surface area (Å²) < 4.78 is 50.5. The van der Waals surface area contributed by atoms with Crippen molar-refractivity contribution in [2.75, 3.05) is 17.4 Å². The van der Waals surface area contributed by atoms with Crippen LogP contribution in [-0.4, -0.2) is 22.7 Å². The number of rotatable bonds is 4. The number of hydrogen-bond acceptors (Lipinski definition) is 6. The van der Waals surface area contributed by atoms with E-state index in [1.54, 1.807) is 18.2 Å². The van der Waals surface area contributed by atoms with Crippen molar-refractivity contribution in [3.05, 3.63) is 65.7 Å². The zero-order valence-electron chi connectivity index (χ0n) is 14.0. The zero-order chi connectivity index (χ0) is 19.7. The van der Waals surface area contributed by atoms with Crippen LogP contribution in [0.15, 0.2) is 42.6 Å². The molecule has 0 spiro atoms. The van der Waals surface area contributed by atoms with Gasteiger partial charge < -0.3 is 20.1 Å². The van der Waals surface area contributed by atoms with E-state index in [0.29, 0.717) is 23.3 Å². The van der Waals surface area contributed by atoms with Gasteiger partial charge in [-0.05, 0) is 30.3 Å². The molecule has 0 bridgehead atoms. The molecule has 2 N–H and O–H groups in total. The first-order chi connectivity index (χ1) is 13.5. The van der Waals surface area contributed by atoms with Gasteiger partial charge in [0.15, 0.2) is 29.0 Å². The zero-order valence-corrected chi connectivity index (χ0v) is 14.0. The predicted molar refractivity (Wildman–Crippen MR) is 92.1 cm³/mol. The van der Waals surface area contributed by atoms with Crippen LogP contribution in [0.3, 0.4) is 0 Å². The van der Waals surface area contributed by atoms with Gasteiger partial charge in [0.2, 0.25) is 12.7 Å². The Labute approximate surface area is 156 Å². The number of benzene rings is 2. The van der Waals surface area contributed by atoms with Gasteiger partial charge in [0.1, 0.15) is 5.69 Å². The van der Waals surface area contributed by atoms with E-state index < -0.39 is 29.0 Å². The SMILES string of the molecule is O=C(Nc1ccc(F)c(F)c1F)c1ccnc(Nc2ccc3c(c2)OCO3)n1. The summed E-state index contributed by atoms with van der Waals surface area (Å²) in [4.78, 5) is 20.3. The molecule has 7 nitrogen and oxygen atoms in total. The lowest BCUT2D eigenvalue weighted by atomic mass is 10.2. The quantitative estimate of drug-likeness (QED) is 0.664. The fraction of sp³-hybridized carbons (Fsp3) is 0.0556. The molecule has 0 radical (unpaired) electrons. The summed E-state index contributed by atoms with van der Waals surface area (Å²) in [5.41, 5.74) is -0.0244. The van der Waals surface area contributed by atoms with Crippen molar-refractivity contribution in [1.82, 2.24) is 9.97 Å². The Bertz CT molecular complexity index is 1080. The van der Waals surface area contributed by atoms with Crippen LogP contribution in [0.5, 0.6) is 11.5 Å². The van der Waals surface area contributed by atoms with Crippen molar-refractivity contribution in [3.8, 4) is 11.5 Å². The summed E-state index contributed by atoms with van der Waals surface area (Å²) in [5.74, 6) is -4.10. The van der Waals surface area contributed by atoms with Gasteiger partial charge in [0, 0.05) is 18.0 Å². The minimum atomic E-state index is -1.68. The summed E-state index contributed by atoms with van der Waals surface area (Å²) >= 11 is 0. The maximum Gasteiger partial charge on any atom is 0.274 e. The molecule has 1 aromatic heterocycles. The molecule has 0 fully saturated rings. The van der Waals surface area contributed by atoms with Crippen molar-refractivity contribution >= 4 is 23.2 Å². The number of carbonyl (C=O) groups excluding carboxylic acids is 1. The average Bonchev–Trinajstić information content (AvgIpc) is 3.16. The molecular weight excluding hydrogens is 377 g/mol. The van der Waals surface area contributed by atoms with Crippen molar-refractivity contribution < 1.29 is 27.4 Å². The molecule has 0 saturated carbocycles. The van der Waals surface area contributed by atoms with Gasteiger partial charge in [-0.15, -0.1) is 0 Å². The highest BCUT2D eigenvalue weighted by Crippen LogP contribution is 2.34. The first-order valence-corrected chi connectivity index (χ1v) is 7.96. The molecule has 1 aliphatic rings. The number of nitrogens with one attached hydrogen (secondary N) is 2. The van der Waals surface area contributed by atoms with E-state index >= 15 is 0 Å². The van der Waals surface area contributed by atoms with Crippen LogP contribution in [0.4, 0.5) is 30.5 Å². The lowest BCUT2D eigenvalue weighted by Gasteiger charge is -2.09. The average molecular weight is 388 g/mol. The highest BCUT2D eigenvalue weighted by molar-refractivity contribution is 6.03. The van der Waals surface area contributed by atoms with Gasteiger partial charge in [-0.3, -0.25) is 4.79 Å². The van der Waals surface area contributed by atoms with Crippen molar-refractivity contribution in [3.63, 3.8) is 0 Å². The molecule has 28 heavy (non-hydrogen) atoms. The summed E-state index contributed by atoms with van der Waals surface area (Å²) in [6, 6.07) is 8.00. The smallest absolute Gasteiger partial charge is 0.274 e. The molecule has 10 heteroatoms. The van der Waals surface area contributed by atoms with Gasteiger partial charge >= 0.3 is 0 Å². The van der Waals surface area contributed by atoms with E-state index in [9.17, 15) is 18.0 Å². The maximum absolute atomic E-state index is 13.7. The Morgan fingerprint density at radius 2 is 1.82 bits per heavy atom. The molecule has 2 aromatic carbocycles. The van der Waals surface area contributed by atoms with E-state index in [1.165, 1.54) is 12.3 Å². The van der Waals surface area contributed by atoms with E-state index in [2.05, 4.69) is 20.6 Å². The molecule has 0 atom stereocenters. The van der Waals surface area contributed by atoms with Crippen molar-refractivity contribution in [2.45, 2.75) is 0 Å². The number of ether oxygens (including phenoxy) is 2. The minimum Gasteiger partial charge on any atom is -0.454 e. The van der Waals surface area contributed by atoms with Crippen molar-refractivity contribution in [1.29, 1.82) is 0 Å². The van der Waals surface area contributed by atoms with E-state index in [-0.39, 0.29) is 18.4 Å². The Morgan fingerprint density at radius 1 is 1.00 bits per heavy atom. The molecule has 0 saturated heterocycles. The van der Waals surface area contributed by atoms with Crippen LogP contribution in [0.1, 0.15) is 10.5 Å². The van der Waals surface area contributed by atoms with Crippen LogP contribution >= 0.6 is 0 Å². The lowest BCUT2D eigenvalue weighted by Crippen LogP contribution is -2.16. The Kier molecular flexibility index (Phi) is 4.44. The standard InChI is InChI=1S/C18H11F3N4O3/c19-10-2-3-11(16(21)15(10)20)24-17(26)12-5-6-22-18(25-12)23-9-1-4-13-14(7-9)28-8-27-13/h1-7H,8H2,(H,24,26)(H,22,23,25). The second-order valence-electron chi connectivity index (χ2n) is 5.64. The number of aromatic nitrogens is 2. The van der Waals surface area contributed by atoms with Gasteiger partial charge in [-0.25, -0.2) is 23.1 Å². The Hall–Kier alpha value is -3.82. The second-order valence-corrected chi connectivity index (χ2v) is 5.64. The molecule has 4 rings (SSSR count). The largest absolute Gasteiger partial charge is 0.454 e. The Balaban J connectivity index is 1.52. The molecule has 0 aliphatic carbocycles. The van der Waals surface area contributed by atoms with Crippen LogP contribution in [-0.2, 0) is 0 Å². The molecule has 142 valence electrons. The van der Waals surface area contributed by atoms with Crippen LogP contribution in [0.2, 0.25) is 0 Å². The van der Waals surface area contributed by atoms with Crippen LogP contribution in [0.25, 0.3) is 0 Å². The predicted octanol–water partition coefficient (Wildman–Crippen LogP) is 3.62. The summed E-state index contributed by atoms with van der Waals surface area (Å²) in [7, 11) is 0. The normalized spacial score (nSPS) is 12.0. The number of amides is 1. The van der Waals surface area contributed by atoms with Gasteiger partial charge in [0.05, 0.1) is 5.69 Å². The fourth-order valence-corrected chi connectivity index (χ4v) is 2.46. The van der Waals surface area contributed by atoms with E-state index in [0.717, 1.165) is 6.07 Å².